The molecule has 0 spiro atoms. The number of morpholine rings is 1. The van der Waals surface area contributed by atoms with Crippen LogP contribution in [-0.4, -0.2) is 81.1 Å². The molecule has 0 aromatic carbocycles. The van der Waals surface area contributed by atoms with Gasteiger partial charge in [0.2, 0.25) is 0 Å². The Bertz CT molecular complexity index is 485. The number of aliphatic imine (C=N–C) groups is 1. The number of alkyl carbamates (subject to hydrolysis) is 1. The second kappa shape index (κ2) is 13.6. The molecule has 1 heterocycles. The number of amides is 1. The molecule has 170 valence electrons. The first-order valence-electron chi connectivity index (χ1n) is 11.0. The molecular weight excluding hydrogens is 370 g/mol. The first-order chi connectivity index (χ1) is 13.7. The van der Waals surface area contributed by atoms with Crippen molar-refractivity contribution in [3.05, 3.63) is 0 Å². The lowest BCUT2D eigenvalue weighted by atomic mass is 10.0. The van der Waals surface area contributed by atoms with Crippen molar-refractivity contribution in [1.29, 1.82) is 0 Å². The van der Waals surface area contributed by atoms with Gasteiger partial charge in [-0.1, -0.05) is 13.8 Å². The fraction of sp³-hybridized carbons (Fsp3) is 0.905. The number of carbonyl (C=O) groups excluding carboxylic acids is 1. The number of nitrogens with zero attached hydrogens (tertiary/aromatic N) is 2. The molecule has 1 aliphatic rings. The first kappa shape index (κ1) is 25.5. The minimum Gasteiger partial charge on any atom is -0.444 e. The molecule has 0 radical (unpaired) electrons. The summed E-state index contributed by atoms with van der Waals surface area (Å²) < 4.78 is 10.7. The Labute approximate surface area is 177 Å². The predicted octanol–water partition coefficient (Wildman–Crippen LogP) is 2.20. The molecule has 8 nitrogen and oxygen atoms in total. The van der Waals surface area contributed by atoms with Gasteiger partial charge in [-0.15, -0.1) is 0 Å². The van der Waals surface area contributed by atoms with Crippen LogP contribution in [-0.2, 0) is 9.47 Å². The quantitative estimate of drug-likeness (QED) is 0.289. The third-order valence-electron chi connectivity index (χ3n) is 4.42. The fourth-order valence-corrected chi connectivity index (χ4v) is 3.16. The molecule has 1 atom stereocenters. The Kier molecular flexibility index (Phi) is 12.0. The zero-order valence-electron chi connectivity index (χ0n) is 19.3. The summed E-state index contributed by atoms with van der Waals surface area (Å²) in [6, 6.07) is 0.434. The molecule has 8 heteroatoms. The zero-order valence-corrected chi connectivity index (χ0v) is 19.3. The molecule has 1 rings (SSSR count). The molecule has 0 aromatic heterocycles. The third-order valence-corrected chi connectivity index (χ3v) is 4.42. The first-order valence-corrected chi connectivity index (χ1v) is 11.0. The van der Waals surface area contributed by atoms with E-state index < -0.39 is 5.60 Å². The molecule has 1 saturated heterocycles. The van der Waals surface area contributed by atoms with Gasteiger partial charge >= 0.3 is 6.09 Å². The van der Waals surface area contributed by atoms with E-state index in [2.05, 4.69) is 41.6 Å². The minimum absolute atomic E-state index is 0.375. The molecule has 0 aromatic rings. The molecular formula is C21H43N5O3. The van der Waals surface area contributed by atoms with Gasteiger partial charge < -0.3 is 25.4 Å². The number of ether oxygens (including phenoxy) is 2. The highest BCUT2D eigenvalue weighted by Gasteiger charge is 2.21. The van der Waals surface area contributed by atoms with Gasteiger partial charge in [-0.3, -0.25) is 9.89 Å². The van der Waals surface area contributed by atoms with Crippen molar-refractivity contribution in [1.82, 2.24) is 20.9 Å². The summed E-state index contributed by atoms with van der Waals surface area (Å²) in [6.07, 6.45) is 1.55. The number of rotatable bonds is 10. The summed E-state index contributed by atoms with van der Waals surface area (Å²) in [5.41, 5.74) is -0.472. The van der Waals surface area contributed by atoms with Gasteiger partial charge in [-0.05, 0) is 46.5 Å². The van der Waals surface area contributed by atoms with E-state index in [9.17, 15) is 4.79 Å². The summed E-state index contributed by atoms with van der Waals surface area (Å²) in [5, 5.41) is 9.45. The number of guanidine groups is 1. The van der Waals surface area contributed by atoms with Crippen LogP contribution in [0.25, 0.3) is 0 Å². The number of nitrogens with one attached hydrogen (secondary N) is 3. The third kappa shape index (κ3) is 12.6. The highest BCUT2D eigenvalue weighted by molar-refractivity contribution is 5.79. The second-order valence-corrected chi connectivity index (χ2v) is 8.86. The van der Waals surface area contributed by atoms with Gasteiger partial charge in [-0.2, -0.15) is 0 Å². The van der Waals surface area contributed by atoms with E-state index in [1.54, 1.807) is 0 Å². The summed E-state index contributed by atoms with van der Waals surface area (Å²) in [4.78, 5) is 19.0. The van der Waals surface area contributed by atoms with Gasteiger partial charge in [0, 0.05) is 38.8 Å². The van der Waals surface area contributed by atoms with Crippen LogP contribution in [0.1, 0.15) is 54.4 Å². The number of hydrogen-bond donors (Lipinski definition) is 3. The van der Waals surface area contributed by atoms with Gasteiger partial charge in [-0.25, -0.2) is 4.79 Å². The number of hydrogen-bond acceptors (Lipinski definition) is 5. The Morgan fingerprint density at radius 2 is 1.79 bits per heavy atom. The van der Waals surface area contributed by atoms with E-state index in [0.29, 0.717) is 18.5 Å². The van der Waals surface area contributed by atoms with Crippen LogP contribution in [0.4, 0.5) is 4.79 Å². The maximum Gasteiger partial charge on any atom is 0.407 e. The molecule has 1 aliphatic heterocycles. The fourth-order valence-electron chi connectivity index (χ4n) is 3.16. The smallest absolute Gasteiger partial charge is 0.407 e. The Morgan fingerprint density at radius 1 is 1.14 bits per heavy atom. The van der Waals surface area contributed by atoms with Crippen LogP contribution in [0, 0.1) is 5.92 Å². The van der Waals surface area contributed by atoms with Crippen LogP contribution in [0.2, 0.25) is 0 Å². The van der Waals surface area contributed by atoms with E-state index in [-0.39, 0.29) is 6.09 Å². The Hall–Kier alpha value is -1.54. The SMILES string of the molecule is CCNC(=NCC(CC(C)C)N1CCOCC1)NCCCNC(=O)OC(C)(C)C. The van der Waals surface area contributed by atoms with E-state index in [4.69, 9.17) is 14.5 Å². The van der Waals surface area contributed by atoms with Crippen LogP contribution in [0.3, 0.4) is 0 Å². The van der Waals surface area contributed by atoms with Gasteiger partial charge in [0.1, 0.15) is 5.60 Å². The van der Waals surface area contributed by atoms with Crippen LogP contribution in [0.15, 0.2) is 4.99 Å². The van der Waals surface area contributed by atoms with Crippen molar-refractivity contribution in [3.8, 4) is 0 Å². The molecule has 0 bridgehead atoms. The van der Waals surface area contributed by atoms with Crippen molar-refractivity contribution < 1.29 is 14.3 Å². The average Bonchev–Trinajstić information content (AvgIpc) is 2.63. The summed E-state index contributed by atoms with van der Waals surface area (Å²) >= 11 is 0. The highest BCUT2D eigenvalue weighted by atomic mass is 16.6. The van der Waals surface area contributed by atoms with Crippen LogP contribution in [0.5, 0.6) is 0 Å². The molecule has 0 aliphatic carbocycles. The van der Waals surface area contributed by atoms with E-state index in [0.717, 1.165) is 64.7 Å². The summed E-state index contributed by atoms with van der Waals surface area (Å²) in [7, 11) is 0. The maximum absolute atomic E-state index is 11.7. The van der Waals surface area contributed by atoms with E-state index in [1.807, 2.05) is 20.8 Å². The van der Waals surface area contributed by atoms with Crippen LogP contribution >= 0.6 is 0 Å². The van der Waals surface area contributed by atoms with Gasteiger partial charge in [0.15, 0.2) is 5.96 Å². The minimum atomic E-state index is -0.472. The second-order valence-electron chi connectivity index (χ2n) is 8.86. The summed E-state index contributed by atoms with van der Waals surface area (Å²) in [5.74, 6) is 1.46. The van der Waals surface area contributed by atoms with E-state index in [1.165, 1.54) is 0 Å². The lowest BCUT2D eigenvalue weighted by Crippen LogP contribution is -2.46. The van der Waals surface area contributed by atoms with Gasteiger partial charge in [0.05, 0.1) is 19.8 Å². The molecule has 3 N–H and O–H groups in total. The van der Waals surface area contributed by atoms with Gasteiger partial charge in [0.25, 0.3) is 0 Å². The lowest BCUT2D eigenvalue weighted by Gasteiger charge is -2.34. The molecule has 0 saturated carbocycles. The molecule has 29 heavy (non-hydrogen) atoms. The summed E-state index contributed by atoms with van der Waals surface area (Å²) in [6.45, 7) is 18.6. The standard InChI is InChI=1S/C21H43N5O3/c1-7-22-19(23-9-8-10-24-20(27)29-21(4,5)6)25-16-18(15-17(2)3)26-11-13-28-14-12-26/h17-18H,7-16H2,1-6H3,(H,24,27)(H2,22,23,25). The van der Waals surface area contributed by atoms with Crippen molar-refractivity contribution in [2.24, 2.45) is 10.9 Å². The lowest BCUT2D eigenvalue weighted by molar-refractivity contribution is 0.0143. The molecule has 1 amide bonds. The van der Waals surface area contributed by atoms with Crippen molar-refractivity contribution in [2.75, 3.05) is 52.5 Å². The predicted molar refractivity (Wildman–Crippen MR) is 118 cm³/mol. The molecule has 1 fully saturated rings. The van der Waals surface area contributed by atoms with Crippen molar-refractivity contribution >= 4 is 12.1 Å². The van der Waals surface area contributed by atoms with Crippen molar-refractivity contribution in [3.63, 3.8) is 0 Å². The zero-order chi connectivity index (χ0) is 21.7. The Balaban J connectivity index is 2.44. The largest absolute Gasteiger partial charge is 0.444 e. The normalized spacial score (nSPS) is 17.1. The Morgan fingerprint density at radius 3 is 2.38 bits per heavy atom. The highest BCUT2D eigenvalue weighted by Crippen LogP contribution is 2.14. The van der Waals surface area contributed by atoms with Crippen LogP contribution < -0.4 is 16.0 Å². The monoisotopic (exact) mass is 413 g/mol. The van der Waals surface area contributed by atoms with Crippen molar-refractivity contribution in [2.45, 2.75) is 66.0 Å². The van der Waals surface area contributed by atoms with E-state index >= 15 is 0 Å². The number of carbonyl (C=O) groups is 1. The topological polar surface area (TPSA) is 87.2 Å². The molecule has 1 unspecified atom stereocenters. The average molecular weight is 414 g/mol. The maximum atomic E-state index is 11.7.